The van der Waals surface area contributed by atoms with E-state index in [0.717, 1.165) is 0 Å². The van der Waals surface area contributed by atoms with Gasteiger partial charge in [0.2, 0.25) is 8.03 Å². The van der Waals surface area contributed by atoms with E-state index in [9.17, 15) is 4.57 Å². The molecule has 0 N–H and O–H groups in total. The van der Waals surface area contributed by atoms with Gasteiger partial charge in [-0.15, -0.1) is 0 Å². The average molecular weight is 239 g/mol. The monoisotopic (exact) mass is 238 g/mol. The molecular formula is C8H9Cl2O2P. The fourth-order valence-electron chi connectivity index (χ4n) is 0.758. The summed E-state index contributed by atoms with van der Waals surface area (Å²) in [5.41, 5.74) is 0. The summed E-state index contributed by atoms with van der Waals surface area (Å²) in [6.07, 6.45) is 0.494. The van der Waals surface area contributed by atoms with E-state index >= 15 is 0 Å². The Balaban J connectivity index is 2.89. The zero-order chi connectivity index (χ0) is 9.84. The van der Waals surface area contributed by atoms with Gasteiger partial charge in [-0.05, 0) is 12.1 Å². The third-order valence-electron chi connectivity index (χ3n) is 1.43. The fraction of sp³-hybridized carbons (Fsp3) is 0.250. The van der Waals surface area contributed by atoms with Crippen LogP contribution in [-0.2, 0) is 4.57 Å². The van der Waals surface area contributed by atoms with Crippen molar-refractivity contribution in [2.75, 3.05) is 6.16 Å². The predicted molar refractivity (Wildman–Crippen MR) is 56.6 cm³/mol. The molecule has 1 aromatic carbocycles. The van der Waals surface area contributed by atoms with Gasteiger partial charge in [0.25, 0.3) is 0 Å². The fourth-order valence-corrected chi connectivity index (χ4v) is 1.71. The number of hydrogen-bond acceptors (Lipinski definition) is 2. The Labute approximate surface area is 87.7 Å². The normalized spacial score (nSPS) is 12.5. The highest BCUT2D eigenvalue weighted by atomic mass is 35.5. The van der Waals surface area contributed by atoms with Gasteiger partial charge in [-0.2, -0.15) is 0 Å². The van der Waals surface area contributed by atoms with E-state index in [-0.39, 0.29) is 0 Å². The van der Waals surface area contributed by atoms with Crippen LogP contribution in [0, 0.1) is 0 Å². The van der Waals surface area contributed by atoms with Gasteiger partial charge in [0.1, 0.15) is 10.8 Å². The first kappa shape index (κ1) is 10.9. The minimum atomic E-state index is -2.01. The van der Waals surface area contributed by atoms with Gasteiger partial charge in [-0.1, -0.05) is 36.2 Å². The van der Waals surface area contributed by atoms with Crippen molar-refractivity contribution < 1.29 is 9.09 Å². The second kappa shape index (κ2) is 4.90. The quantitative estimate of drug-likeness (QED) is 0.748. The second-order valence-corrected chi connectivity index (χ2v) is 4.82. The maximum Gasteiger partial charge on any atom is 0.236 e. The van der Waals surface area contributed by atoms with Crippen molar-refractivity contribution >= 4 is 31.2 Å². The van der Waals surface area contributed by atoms with Crippen molar-refractivity contribution in [3.63, 3.8) is 0 Å². The van der Waals surface area contributed by atoms with Gasteiger partial charge in [-0.3, -0.25) is 4.57 Å². The summed E-state index contributed by atoms with van der Waals surface area (Å²) < 4.78 is 16.2. The number of halogens is 2. The molecule has 0 fully saturated rings. The molecule has 0 aromatic heterocycles. The van der Waals surface area contributed by atoms with Crippen molar-refractivity contribution in [2.45, 2.75) is 6.92 Å². The summed E-state index contributed by atoms with van der Waals surface area (Å²) in [5, 5.41) is 0.723. The molecule has 72 valence electrons. The topological polar surface area (TPSA) is 26.3 Å². The van der Waals surface area contributed by atoms with E-state index in [4.69, 9.17) is 27.7 Å². The highest BCUT2D eigenvalue weighted by Crippen LogP contribution is 2.36. The first-order valence-electron chi connectivity index (χ1n) is 3.80. The predicted octanol–water partition coefficient (Wildman–Crippen LogP) is 3.87. The van der Waals surface area contributed by atoms with Gasteiger partial charge in [-0.25, -0.2) is 0 Å². The van der Waals surface area contributed by atoms with Crippen LogP contribution < -0.4 is 4.52 Å². The molecule has 5 heteroatoms. The lowest BCUT2D eigenvalue weighted by Gasteiger charge is -2.06. The van der Waals surface area contributed by atoms with Crippen molar-refractivity contribution in [2.24, 2.45) is 0 Å². The standard InChI is InChI=1S/C8H9Cl2O2P/c1-2-13(11)12-7-5-3-4-6(9)8(7)10/h3-5,13H,2H2,1H3. The zero-order valence-electron chi connectivity index (χ0n) is 7.01. The molecule has 0 spiro atoms. The minimum absolute atomic E-state index is 0.316. The van der Waals surface area contributed by atoms with E-state index in [2.05, 4.69) is 0 Å². The Hall–Kier alpha value is -0.170. The molecule has 0 aliphatic rings. The maximum absolute atomic E-state index is 11.1. The third kappa shape index (κ3) is 2.91. The molecule has 0 aliphatic carbocycles. The highest BCUT2D eigenvalue weighted by Gasteiger charge is 2.06. The van der Waals surface area contributed by atoms with Crippen molar-refractivity contribution in [3.8, 4) is 5.75 Å². The largest absolute Gasteiger partial charge is 0.443 e. The summed E-state index contributed by atoms with van der Waals surface area (Å²) in [6.45, 7) is 1.79. The Bertz CT molecular complexity index is 328. The zero-order valence-corrected chi connectivity index (χ0v) is 9.52. The number of rotatable bonds is 3. The summed E-state index contributed by atoms with van der Waals surface area (Å²) >= 11 is 11.6. The van der Waals surface area contributed by atoms with Crippen LogP contribution in [0.3, 0.4) is 0 Å². The molecule has 1 aromatic rings. The van der Waals surface area contributed by atoms with Crippen molar-refractivity contribution in [1.82, 2.24) is 0 Å². The van der Waals surface area contributed by atoms with Gasteiger partial charge >= 0.3 is 0 Å². The molecule has 0 saturated heterocycles. The van der Waals surface area contributed by atoms with Gasteiger partial charge < -0.3 is 4.52 Å². The average Bonchev–Trinajstić information content (AvgIpc) is 2.13. The molecule has 0 amide bonds. The molecule has 0 aliphatic heterocycles. The minimum Gasteiger partial charge on any atom is -0.443 e. The number of benzene rings is 1. The van der Waals surface area contributed by atoms with Crippen LogP contribution >= 0.6 is 31.2 Å². The van der Waals surface area contributed by atoms with Crippen LogP contribution in [0.5, 0.6) is 5.75 Å². The van der Waals surface area contributed by atoms with E-state index in [1.807, 2.05) is 0 Å². The van der Waals surface area contributed by atoms with Crippen LogP contribution in [0.1, 0.15) is 6.92 Å². The summed E-state index contributed by atoms with van der Waals surface area (Å²) in [4.78, 5) is 0. The van der Waals surface area contributed by atoms with Crippen LogP contribution in [-0.4, -0.2) is 6.16 Å². The molecule has 1 unspecified atom stereocenters. The highest BCUT2D eigenvalue weighted by molar-refractivity contribution is 7.39. The van der Waals surface area contributed by atoms with E-state index in [1.165, 1.54) is 0 Å². The van der Waals surface area contributed by atoms with E-state index in [1.54, 1.807) is 25.1 Å². The lowest BCUT2D eigenvalue weighted by Crippen LogP contribution is -1.84. The third-order valence-corrected chi connectivity index (χ3v) is 3.26. The second-order valence-electron chi connectivity index (χ2n) is 2.38. The number of hydrogen-bond donors (Lipinski definition) is 0. The Kier molecular flexibility index (Phi) is 4.11. The first-order valence-corrected chi connectivity index (χ1v) is 6.07. The van der Waals surface area contributed by atoms with Crippen molar-refractivity contribution in [3.05, 3.63) is 28.2 Å². The van der Waals surface area contributed by atoms with Crippen molar-refractivity contribution in [1.29, 1.82) is 0 Å². The van der Waals surface area contributed by atoms with Crippen LogP contribution in [0.25, 0.3) is 0 Å². The molecule has 1 atom stereocenters. The summed E-state index contributed by atoms with van der Waals surface area (Å²) in [7, 11) is -2.01. The van der Waals surface area contributed by atoms with Crippen LogP contribution in [0.15, 0.2) is 18.2 Å². The summed E-state index contributed by atoms with van der Waals surface area (Å²) in [5.74, 6) is 0.389. The molecule has 2 nitrogen and oxygen atoms in total. The Morgan fingerprint density at radius 2 is 2.15 bits per heavy atom. The molecular weight excluding hydrogens is 230 g/mol. The Morgan fingerprint density at radius 3 is 2.77 bits per heavy atom. The van der Waals surface area contributed by atoms with Gasteiger partial charge in [0, 0.05) is 6.16 Å². The molecule has 0 heterocycles. The van der Waals surface area contributed by atoms with Crippen LogP contribution in [0.2, 0.25) is 10.0 Å². The lowest BCUT2D eigenvalue weighted by atomic mass is 10.3. The molecule has 0 radical (unpaired) electrons. The van der Waals surface area contributed by atoms with E-state index in [0.29, 0.717) is 22.0 Å². The SMILES string of the molecule is CC[PH](=O)Oc1cccc(Cl)c1Cl. The van der Waals surface area contributed by atoms with Gasteiger partial charge in [0.15, 0.2) is 0 Å². The smallest absolute Gasteiger partial charge is 0.236 e. The van der Waals surface area contributed by atoms with E-state index < -0.39 is 8.03 Å². The van der Waals surface area contributed by atoms with Crippen LogP contribution in [0.4, 0.5) is 0 Å². The first-order chi connectivity index (χ1) is 6.15. The molecule has 0 bridgehead atoms. The summed E-state index contributed by atoms with van der Waals surface area (Å²) in [6, 6.07) is 5.00. The maximum atomic E-state index is 11.1. The lowest BCUT2D eigenvalue weighted by molar-refractivity contribution is 0.506. The molecule has 0 saturated carbocycles. The molecule has 13 heavy (non-hydrogen) atoms. The Morgan fingerprint density at radius 1 is 1.46 bits per heavy atom. The van der Waals surface area contributed by atoms with Gasteiger partial charge in [0.05, 0.1) is 5.02 Å². The molecule has 1 rings (SSSR count).